The van der Waals surface area contributed by atoms with Gasteiger partial charge in [-0.1, -0.05) is 27.5 Å². The number of rotatable bonds is 2. The normalized spacial score (nSPS) is 10.2. The van der Waals surface area contributed by atoms with Crippen molar-refractivity contribution < 1.29 is 4.79 Å². The molecule has 2 nitrogen and oxygen atoms in total. The van der Waals surface area contributed by atoms with Crippen molar-refractivity contribution in [1.82, 2.24) is 0 Å². The third-order valence-corrected chi connectivity index (χ3v) is 3.28. The molecule has 0 saturated heterocycles. The van der Waals surface area contributed by atoms with E-state index in [2.05, 4.69) is 15.9 Å². The first-order valence-electron chi connectivity index (χ1n) is 4.93. The number of ketones is 1. The topological polar surface area (TPSA) is 43.1 Å². The highest BCUT2D eigenvalue weighted by Gasteiger charge is 2.12. The first-order valence-corrected chi connectivity index (χ1v) is 6.10. The highest BCUT2D eigenvalue weighted by Crippen LogP contribution is 2.23. The van der Waals surface area contributed by atoms with Crippen LogP contribution < -0.4 is 5.73 Å². The van der Waals surface area contributed by atoms with Gasteiger partial charge in [-0.25, -0.2) is 0 Å². The molecule has 0 heterocycles. The van der Waals surface area contributed by atoms with Crippen molar-refractivity contribution in [2.45, 2.75) is 0 Å². The third-order valence-electron chi connectivity index (χ3n) is 2.34. The molecule has 4 heteroatoms. The third kappa shape index (κ3) is 2.68. The Labute approximate surface area is 113 Å². The average Bonchev–Trinajstić information content (AvgIpc) is 2.32. The summed E-state index contributed by atoms with van der Waals surface area (Å²) in [5.41, 5.74) is 7.37. The Morgan fingerprint density at radius 1 is 1.12 bits per heavy atom. The number of hydrogen-bond acceptors (Lipinski definition) is 2. The monoisotopic (exact) mass is 309 g/mol. The van der Waals surface area contributed by atoms with Crippen LogP contribution in [0, 0.1) is 0 Å². The lowest BCUT2D eigenvalue weighted by atomic mass is 10.0. The summed E-state index contributed by atoms with van der Waals surface area (Å²) in [6.07, 6.45) is 0. The highest BCUT2D eigenvalue weighted by molar-refractivity contribution is 9.10. The number of carbonyl (C=O) groups excluding carboxylic acids is 1. The van der Waals surface area contributed by atoms with Crippen LogP contribution in [0.1, 0.15) is 15.9 Å². The first kappa shape index (κ1) is 12.1. The summed E-state index contributed by atoms with van der Waals surface area (Å²) in [5.74, 6) is -0.0826. The second-order valence-corrected chi connectivity index (χ2v) is 4.87. The van der Waals surface area contributed by atoms with E-state index in [9.17, 15) is 4.79 Å². The Balaban J connectivity index is 2.43. The first-order chi connectivity index (χ1) is 8.08. The Morgan fingerprint density at radius 2 is 1.76 bits per heavy atom. The summed E-state index contributed by atoms with van der Waals surface area (Å²) < 4.78 is 0.728. The van der Waals surface area contributed by atoms with Gasteiger partial charge in [0.1, 0.15) is 0 Å². The van der Waals surface area contributed by atoms with Gasteiger partial charge in [0.25, 0.3) is 0 Å². The van der Waals surface area contributed by atoms with Gasteiger partial charge in [0.2, 0.25) is 0 Å². The van der Waals surface area contributed by atoms with Crippen molar-refractivity contribution in [2.24, 2.45) is 0 Å². The van der Waals surface area contributed by atoms with Crippen LogP contribution in [0.3, 0.4) is 0 Å². The van der Waals surface area contributed by atoms with E-state index in [-0.39, 0.29) is 5.78 Å². The number of benzene rings is 2. The molecule has 0 amide bonds. The van der Waals surface area contributed by atoms with Gasteiger partial charge in [0.15, 0.2) is 5.78 Å². The molecule has 0 radical (unpaired) electrons. The Morgan fingerprint density at radius 3 is 2.41 bits per heavy atom. The molecule has 0 aliphatic carbocycles. The van der Waals surface area contributed by atoms with E-state index in [1.54, 1.807) is 42.5 Å². The minimum Gasteiger partial charge on any atom is -0.399 e. The minimum atomic E-state index is -0.0826. The molecule has 0 fully saturated rings. The Bertz CT molecular complexity index is 566. The number of halogens is 2. The second kappa shape index (κ2) is 4.90. The number of anilines is 1. The van der Waals surface area contributed by atoms with Gasteiger partial charge in [-0.05, 0) is 42.5 Å². The molecule has 0 saturated carbocycles. The molecule has 2 aromatic rings. The molecular weight excluding hydrogens is 302 g/mol. The lowest BCUT2D eigenvalue weighted by Crippen LogP contribution is -2.03. The Kier molecular flexibility index (Phi) is 3.50. The molecule has 0 aliphatic heterocycles. The van der Waals surface area contributed by atoms with Crippen molar-refractivity contribution >= 4 is 39.0 Å². The van der Waals surface area contributed by atoms with E-state index in [0.29, 0.717) is 21.8 Å². The SMILES string of the molecule is Nc1ccc(Br)c(C(=O)c2ccc(Cl)cc2)c1. The molecule has 17 heavy (non-hydrogen) atoms. The zero-order chi connectivity index (χ0) is 12.4. The molecule has 0 atom stereocenters. The highest BCUT2D eigenvalue weighted by atomic mass is 79.9. The molecule has 2 rings (SSSR count). The van der Waals surface area contributed by atoms with E-state index in [4.69, 9.17) is 17.3 Å². The molecule has 0 aromatic heterocycles. The predicted molar refractivity (Wildman–Crippen MR) is 73.4 cm³/mol. The Hall–Kier alpha value is -1.32. The van der Waals surface area contributed by atoms with Crippen LogP contribution in [0.4, 0.5) is 5.69 Å². The zero-order valence-corrected chi connectivity index (χ0v) is 11.1. The summed E-state index contributed by atoms with van der Waals surface area (Å²) in [5, 5.41) is 0.605. The quantitative estimate of drug-likeness (QED) is 0.675. The lowest BCUT2D eigenvalue weighted by Gasteiger charge is -2.05. The lowest BCUT2D eigenvalue weighted by molar-refractivity contribution is 0.103. The van der Waals surface area contributed by atoms with Gasteiger partial charge in [-0.2, -0.15) is 0 Å². The van der Waals surface area contributed by atoms with Crippen LogP contribution in [0.2, 0.25) is 5.02 Å². The van der Waals surface area contributed by atoms with Crippen molar-refractivity contribution in [2.75, 3.05) is 5.73 Å². The van der Waals surface area contributed by atoms with E-state index in [1.165, 1.54) is 0 Å². The predicted octanol–water partition coefficient (Wildman–Crippen LogP) is 3.92. The average molecular weight is 311 g/mol. The molecule has 86 valence electrons. The number of carbonyl (C=O) groups is 1. The fraction of sp³-hybridized carbons (Fsp3) is 0. The van der Waals surface area contributed by atoms with Crippen molar-refractivity contribution in [3.8, 4) is 0 Å². The van der Waals surface area contributed by atoms with E-state index >= 15 is 0 Å². The molecule has 2 N–H and O–H groups in total. The maximum absolute atomic E-state index is 12.2. The van der Waals surface area contributed by atoms with Crippen molar-refractivity contribution in [3.05, 3.63) is 63.1 Å². The van der Waals surface area contributed by atoms with E-state index in [0.717, 1.165) is 4.47 Å². The number of nitrogens with two attached hydrogens (primary N) is 1. The van der Waals surface area contributed by atoms with Gasteiger partial charge in [0, 0.05) is 26.3 Å². The summed E-state index contributed by atoms with van der Waals surface area (Å²) in [7, 11) is 0. The molecule has 0 bridgehead atoms. The van der Waals surface area contributed by atoms with E-state index < -0.39 is 0 Å². The fourth-order valence-corrected chi connectivity index (χ4v) is 2.03. The molecule has 2 aromatic carbocycles. The van der Waals surface area contributed by atoms with Crippen LogP contribution in [-0.4, -0.2) is 5.78 Å². The zero-order valence-electron chi connectivity index (χ0n) is 8.78. The van der Waals surface area contributed by atoms with Gasteiger partial charge in [-0.15, -0.1) is 0 Å². The smallest absolute Gasteiger partial charge is 0.194 e. The van der Waals surface area contributed by atoms with Crippen molar-refractivity contribution in [3.63, 3.8) is 0 Å². The maximum Gasteiger partial charge on any atom is 0.194 e. The van der Waals surface area contributed by atoms with Crippen LogP contribution in [0.5, 0.6) is 0 Å². The van der Waals surface area contributed by atoms with Crippen LogP contribution in [0.25, 0.3) is 0 Å². The summed E-state index contributed by atoms with van der Waals surface area (Å²) in [6, 6.07) is 11.9. The van der Waals surface area contributed by atoms with Gasteiger partial charge in [0.05, 0.1) is 0 Å². The summed E-state index contributed by atoms with van der Waals surface area (Å²) in [4.78, 5) is 12.2. The number of nitrogen functional groups attached to an aromatic ring is 1. The largest absolute Gasteiger partial charge is 0.399 e. The molecular formula is C13H9BrClNO. The van der Waals surface area contributed by atoms with Gasteiger partial charge < -0.3 is 5.73 Å². The number of hydrogen-bond donors (Lipinski definition) is 1. The van der Waals surface area contributed by atoms with E-state index in [1.807, 2.05) is 0 Å². The van der Waals surface area contributed by atoms with Crippen LogP contribution in [0.15, 0.2) is 46.9 Å². The molecule has 0 spiro atoms. The van der Waals surface area contributed by atoms with Gasteiger partial charge in [-0.3, -0.25) is 4.79 Å². The van der Waals surface area contributed by atoms with Crippen molar-refractivity contribution in [1.29, 1.82) is 0 Å². The standard InChI is InChI=1S/C13H9BrClNO/c14-12-6-5-10(16)7-11(12)13(17)8-1-3-9(15)4-2-8/h1-7H,16H2. The maximum atomic E-state index is 12.2. The van der Waals surface area contributed by atoms with Gasteiger partial charge >= 0.3 is 0 Å². The summed E-state index contributed by atoms with van der Waals surface area (Å²) >= 11 is 9.12. The van der Waals surface area contributed by atoms with Crippen LogP contribution in [-0.2, 0) is 0 Å². The van der Waals surface area contributed by atoms with Crippen LogP contribution >= 0.6 is 27.5 Å². The molecule has 0 unspecified atom stereocenters. The molecule has 0 aliphatic rings. The fourth-order valence-electron chi connectivity index (χ4n) is 1.47. The summed E-state index contributed by atoms with van der Waals surface area (Å²) in [6.45, 7) is 0. The second-order valence-electron chi connectivity index (χ2n) is 3.58. The minimum absolute atomic E-state index is 0.0826.